The molecule has 2 heterocycles. The number of nitrogens with zero attached hydrogens (tertiary/aromatic N) is 2. The maximum Gasteiger partial charge on any atom is 0.252 e. The highest BCUT2D eigenvalue weighted by Gasteiger charge is 2.18. The number of nitrogens with one attached hydrogen (secondary N) is 2. The number of carbonyl (C=O) groups excluding carboxylic acids is 1. The normalized spacial score (nSPS) is 11.8. The molecule has 9 heteroatoms. The minimum absolute atomic E-state index is 0.0386. The molecule has 2 aromatic heterocycles. The van der Waals surface area contributed by atoms with Crippen LogP contribution in [-0.2, 0) is 11.2 Å². The second-order valence-electron chi connectivity index (χ2n) is 6.12. The maximum absolute atomic E-state index is 14.0. The van der Waals surface area contributed by atoms with Gasteiger partial charge >= 0.3 is 0 Å². The van der Waals surface area contributed by atoms with E-state index in [1.807, 2.05) is 0 Å². The van der Waals surface area contributed by atoms with Gasteiger partial charge in [0.05, 0.1) is 29.2 Å². The van der Waals surface area contributed by atoms with Crippen LogP contribution in [-0.4, -0.2) is 15.9 Å². The number of carbonyl (C=O) groups is 1. The van der Waals surface area contributed by atoms with Crippen LogP contribution in [0.4, 0.5) is 13.2 Å². The highest BCUT2D eigenvalue weighted by atomic mass is 19.2. The first-order valence-corrected chi connectivity index (χ1v) is 8.15. The summed E-state index contributed by atoms with van der Waals surface area (Å²) in [4.78, 5) is 30.5. The monoisotopic (exact) mass is 386 g/mol. The van der Waals surface area contributed by atoms with Gasteiger partial charge in [-0.2, -0.15) is 5.26 Å². The summed E-state index contributed by atoms with van der Waals surface area (Å²) in [6.07, 6.45) is 0.746. The first kappa shape index (κ1) is 19.1. The molecular weight excluding hydrogens is 373 g/mol. The SMILES string of the molecule is C[C@@H](NC(=O)Cc1cc2c(F)c(F)ccc2[nH]c1=O)c1ncc(C#N)cc1F. The number of pyridine rings is 2. The van der Waals surface area contributed by atoms with E-state index in [-0.39, 0.29) is 27.7 Å². The molecule has 0 aliphatic carbocycles. The Labute approximate surface area is 156 Å². The summed E-state index contributed by atoms with van der Waals surface area (Å²) in [6.45, 7) is 1.48. The molecule has 0 aliphatic rings. The van der Waals surface area contributed by atoms with E-state index in [0.29, 0.717) is 0 Å². The third kappa shape index (κ3) is 3.71. The first-order chi connectivity index (χ1) is 13.3. The lowest BCUT2D eigenvalue weighted by Crippen LogP contribution is -2.31. The highest BCUT2D eigenvalue weighted by Crippen LogP contribution is 2.19. The number of nitriles is 1. The van der Waals surface area contributed by atoms with Crippen molar-refractivity contribution in [2.24, 2.45) is 0 Å². The number of hydrogen-bond acceptors (Lipinski definition) is 4. The average molecular weight is 386 g/mol. The quantitative estimate of drug-likeness (QED) is 0.720. The van der Waals surface area contributed by atoms with E-state index in [9.17, 15) is 22.8 Å². The van der Waals surface area contributed by atoms with Crippen molar-refractivity contribution in [1.29, 1.82) is 5.26 Å². The minimum atomic E-state index is -1.13. The molecule has 1 atom stereocenters. The van der Waals surface area contributed by atoms with Crippen LogP contribution in [0.1, 0.15) is 29.8 Å². The van der Waals surface area contributed by atoms with Gasteiger partial charge in [-0.1, -0.05) is 0 Å². The van der Waals surface area contributed by atoms with Crippen molar-refractivity contribution in [3.05, 3.63) is 75.1 Å². The fourth-order valence-corrected chi connectivity index (χ4v) is 2.75. The predicted octanol–water partition coefficient (Wildman–Crippen LogP) is 2.63. The van der Waals surface area contributed by atoms with Crippen LogP contribution in [0.25, 0.3) is 10.9 Å². The number of amides is 1. The highest BCUT2D eigenvalue weighted by molar-refractivity contribution is 5.83. The molecule has 3 rings (SSSR count). The molecular formula is C19H13F3N4O2. The molecule has 0 saturated carbocycles. The summed E-state index contributed by atoms with van der Waals surface area (Å²) in [6, 6.07) is 5.13. The third-order valence-corrected chi connectivity index (χ3v) is 4.13. The van der Waals surface area contributed by atoms with Crippen LogP contribution in [0.5, 0.6) is 0 Å². The largest absolute Gasteiger partial charge is 0.348 e. The molecule has 0 saturated heterocycles. The number of aromatic amines is 1. The van der Waals surface area contributed by atoms with Crippen molar-refractivity contribution in [3.63, 3.8) is 0 Å². The number of aromatic nitrogens is 2. The van der Waals surface area contributed by atoms with Gasteiger partial charge in [0.1, 0.15) is 11.9 Å². The number of H-pyrrole nitrogens is 1. The van der Waals surface area contributed by atoms with Gasteiger partial charge in [-0.25, -0.2) is 13.2 Å². The number of benzene rings is 1. The first-order valence-electron chi connectivity index (χ1n) is 8.15. The molecule has 0 radical (unpaired) electrons. The van der Waals surface area contributed by atoms with Gasteiger partial charge in [-0.3, -0.25) is 14.6 Å². The zero-order valence-corrected chi connectivity index (χ0v) is 14.5. The van der Waals surface area contributed by atoms with Crippen LogP contribution in [0.2, 0.25) is 0 Å². The zero-order valence-electron chi connectivity index (χ0n) is 14.5. The van der Waals surface area contributed by atoms with E-state index in [0.717, 1.165) is 18.2 Å². The Morgan fingerprint density at radius 3 is 2.71 bits per heavy atom. The van der Waals surface area contributed by atoms with E-state index >= 15 is 0 Å². The fraction of sp³-hybridized carbons (Fsp3) is 0.158. The standard InChI is InChI=1S/C19H13F3N4O2/c1-9(18-14(21)4-10(7-23)8-24-18)25-16(27)6-11-5-12-15(26-19(11)28)3-2-13(20)17(12)22/h2-5,8-9H,6H2,1H3,(H,25,27)(H,26,28)/t9-/m1/s1. The van der Waals surface area contributed by atoms with E-state index in [1.165, 1.54) is 19.2 Å². The fourth-order valence-electron chi connectivity index (χ4n) is 2.75. The lowest BCUT2D eigenvalue weighted by atomic mass is 10.1. The molecule has 2 N–H and O–H groups in total. The predicted molar refractivity (Wildman–Crippen MR) is 93.7 cm³/mol. The lowest BCUT2D eigenvalue weighted by Gasteiger charge is -2.14. The van der Waals surface area contributed by atoms with Gasteiger partial charge in [-0.15, -0.1) is 0 Å². The number of rotatable bonds is 4. The lowest BCUT2D eigenvalue weighted by molar-refractivity contribution is -0.121. The van der Waals surface area contributed by atoms with Crippen molar-refractivity contribution in [2.45, 2.75) is 19.4 Å². The van der Waals surface area contributed by atoms with Crippen molar-refractivity contribution in [2.75, 3.05) is 0 Å². The van der Waals surface area contributed by atoms with Gasteiger partial charge in [0.2, 0.25) is 5.91 Å². The van der Waals surface area contributed by atoms with E-state index in [4.69, 9.17) is 5.26 Å². The second kappa shape index (κ2) is 7.52. The Bertz CT molecular complexity index is 1180. The van der Waals surface area contributed by atoms with Crippen molar-refractivity contribution in [1.82, 2.24) is 15.3 Å². The van der Waals surface area contributed by atoms with Crippen molar-refractivity contribution >= 4 is 16.8 Å². The van der Waals surface area contributed by atoms with Gasteiger partial charge in [-0.05, 0) is 31.2 Å². The summed E-state index contributed by atoms with van der Waals surface area (Å²) >= 11 is 0. The number of hydrogen-bond donors (Lipinski definition) is 2. The molecule has 0 unspecified atom stereocenters. The van der Waals surface area contributed by atoms with E-state index in [2.05, 4.69) is 15.3 Å². The molecule has 1 aromatic carbocycles. The molecule has 0 spiro atoms. The van der Waals surface area contributed by atoms with E-state index < -0.39 is 41.4 Å². The van der Waals surface area contributed by atoms with Crippen LogP contribution in [0, 0.1) is 28.8 Å². The Morgan fingerprint density at radius 2 is 2.04 bits per heavy atom. The molecule has 0 fully saturated rings. The van der Waals surface area contributed by atoms with Crippen molar-refractivity contribution < 1.29 is 18.0 Å². The van der Waals surface area contributed by atoms with Crippen LogP contribution >= 0.6 is 0 Å². The van der Waals surface area contributed by atoms with Gasteiger partial charge in [0.25, 0.3) is 5.56 Å². The molecule has 28 heavy (non-hydrogen) atoms. The van der Waals surface area contributed by atoms with Crippen molar-refractivity contribution in [3.8, 4) is 6.07 Å². The maximum atomic E-state index is 14.0. The molecule has 1 amide bonds. The van der Waals surface area contributed by atoms with E-state index in [1.54, 1.807) is 6.07 Å². The Morgan fingerprint density at radius 1 is 1.29 bits per heavy atom. The second-order valence-corrected chi connectivity index (χ2v) is 6.12. The van der Waals surface area contributed by atoms with Gasteiger partial charge in [0.15, 0.2) is 11.6 Å². The van der Waals surface area contributed by atoms with Gasteiger partial charge in [0, 0.05) is 17.1 Å². The molecule has 3 aromatic rings. The Balaban J connectivity index is 1.81. The summed E-state index contributed by atoms with van der Waals surface area (Å²) in [5.41, 5.74) is -0.631. The van der Waals surface area contributed by atoms with Crippen LogP contribution in [0.15, 0.2) is 35.3 Å². The average Bonchev–Trinajstić information content (AvgIpc) is 2.65. The number of fused-ring (bicyclic) bond motifs is 1. The van der Waals surface area contributed by atoms with Crippen LogP contribution < -0.4 is 10.9 Å². The summed E-state index contributed by atoms with van der Waals surface area (Å²) in [5.74, 6) is -3.61. The summed E-state index contributed by atoms with van der Waals surface area (Å²) in [7, 11) is 0. The minimum Gasteiger partial charge on any atom is -0.348 e. The topological polar surface area (TPSA) is 98.6 Å². The summed E-state index contributed by atoms with van der Waals surface area (Å²) in [5, 5.41) is 11.1. The molecule has 142 valence electrons. The smallest absolute Gasteiger partial charge is 0.252 e. The number of halogens is 3. The summed E-state index contributed by atoms with van der Waals surface area (Å²) < 4.78 is 41.3. The molecule has 6 nitrogen and oxygen atoms in total. The molecule has 0 aliphatic heterocycles. The third-order valence-electron chi connectivity index (χ3n) is 4.13. The Hall–Kier alpha value is -3.67. The zero-order chi connectivity index (χ0) is 20.4. The van der Waals surface area contributed by atoms with Crippen LogP contribution in [0.3, 0.4) is 0 Å². The Kier molecular flexibility index (Phi) is 5.13. The van der Waals surface area contributed by atoms with Gasteiger partial charge < -0.3 is 10.3 Å². The molecule has 0 bridgehead atoms.